The van der Waals surface area contributed by atoms with Crippen molar-refractivity contribution >= 4 is 0 Å². The molecule has 1 aromatic heterocycles. The second-order valence-electron chi connectivity index (χ2n) is 4.98. The number of likely N-dealkylation sites (tertiary alicyclic amines) is 1. The first-order valence-electron chi connectivity index (χ1n) is 6.70. The highest BCUT2D eigenvalue weighted by atomic mass is 16.5. The van der Waals surface area contributed by atoms with Gasteiger partial charge in [0.25, 0.3) is 0 Å². The molecule has 2 heterocycles. The van der Waals surface area contributed by atoms with Gasteiger partial charge >= 0.3 is 0 Å². The van der Waals surface area contributed by atoms with Gasteiger partial charge in [0.15, 0.2) is 0 Å². The Labute approximate surface area is 109 Å². The van der Waals surface area contributed by atoms with Crippen molar-refractivity contribution < 1.29 is 4.74 Å². The molecule has 1 unspecified atom stereocenters. The van der Waals surface area contributed by atoms with Crippen molar-refractivity contribution in [1.29, 1.82) is 0 Å². The quantitative estimate of drug-likeness (QED) is 0.726. The standard InChI is InChI=1S/C13H24N4O/c1-16-6-3-4-12(16)10-17-11-15-9-13(17)8-14-5-7-18-2/h9,11-12,14H,3-8,10H2,1-2H3. The summed E-state index contributed by atoms with van der Waals surface area (Å²) >= 11 is 0. The molecule has 5 heteroatoms. The summed E-state index contributed by atoms with van der Waals surface area (Å²) in [5.41, 5.74) is 1.26. The Kier molecular flexibility index (Phi) is 5.16. The van der Waals surface area contributed by atoms with Gasteiger partial charge in [-0.2, -0.15) is 0 Å². The van der Waals surface area contributed by atoms with E-state index in [1.807, 2.05) is 12.5 Å². The van der Waals surface area contributed by atoms with E-state index in [0.717, 1.165) is 26.2 Å². The third kappa shape index (κ3) is 3.54. The van der Waals surface area contributed by atoms with Gasteiger partial charge in [-0.3, -0.25) is 0 Å². The van der Waals surface area contributed by atoms with Crippen molar-refractivity contribution in [2.45, 2.75) is 32.0 Å². The Morgan fingerprint density at radius 1 is 1.56 bits per heavy atom. The molecule has 5 nitrogen and oxygen atoms in total. The smallest absolute Gasteiger partial charge is 0.0949 e. The number of hydrogen-bond acceptors (Lipinski definition) is 4. The first-order valence-corrected chi connectivity index (χ1v) is 6.70. The van der Waals surface area contributed by atoms with Crippen LogP contribution in [0.25, 0.3) is 0 Å². The molecular formula is C13H24N4O. The Balaban J connectivity index is 1.83. The van der Waals surface area contributed by atoms with Crippen molar-refractivity contribution in [3.05, 3.63) is 18.2 Å². The number of hydrogen-bond donors (Lipinski definition) is 1. The third-order valence-corrected chi connectivity index (χ3v) is 3.67. The van der Waals surface area contributed by atoms with Crippen LogP contribution >= 0.6 is 0 Å². The van der Waals surface area contributed by atoms with Crippen LogP contribution in [-0.4, -0.2) is 54.3 Å². The van der Waals surface area contributed by atoms with Crippen LogP contribution in [-0.2, 0) is 17.8 Å². The molecule has 0 amide bonds. The van der Waals surface area contributed by atoms with Crippen molar-refractivity contribution in [3.63, 3.8) is 0 Å². The Morgan fingerprint density at radius 3 is 3.17 bits per heavy atom. The number of aromatic nitrogens is 2. The van der Waals surface area contributed by atoms with Crippen molar-refractivity contribution in [2.75, 3.05) is 33.9 Å². The molecule has 0 radical (unpaired) electrons. The van der Waals surface area contributed by atoms with Crippen molar-refractivity contribution in [2.24, 2.45) is 0 Å². The first kappa shape index (κ1) is 13.5. The molecule has 1 aliphatic rings. The van der Waals surface area contributed by atoms with Gasteiger partial charge in [0.2, 0.25) is 0 Å². The molecule has 1 fully saturated rings. The number of methoxy groups -OCH3 is 1. The fraction of sp³-hybridized carbons (Fsp3) is 0.769. The number of likely N-dealkylation sites (N-methyl/N-ethyl adjacent to an activating group) is 1. The van der Waals surface area contributed by atoms with E-state index in [0.29, 0.717) is 6.04 Å². The molecule has 0 spiro atoms. The van der Waals surface area contributed by atoms with Crippen LogP contribution in [0.2, 0.25) is 0 Å². The minimum atomic E-state index is 0.664. The van der Waals surface area contributed by atoms with Gasteiger partial charge in [0, 0.05) is 39.0 Å². The average molecular weight is 252 g/mol. The van der Waals surface area contributed by atoms with Gasteiger partial charge in [-0.05, 0) is 26.4 Å². The third-order valence-electron chi connectivity index (χ3n) is 3.67. The van der Waals surface area contributed by atoms with E-state index in [9.17, 15) is 0 Å². The average Bonchev–Trinajstić information content (AvgIpc) is 2.96. The maximum absolute atomic E-state index is 5.02. The van der Waals surface area contributed by atoms with E-state index in [-0.39, 0.29) is 0 Å². The van der Waals surface area contributed by atoms with Gasteiger partial charge < -0.3 is 19.5 Å². The predicted molar refractivity (Wildman–Crippen MR) is 71.5 cm³/mol. The van der Waals surface area contributed by atoms with Crippen molar-refractivity contribution in [3.8, 4) is 0 Å². The summed E-state index contributed by atoms with van der Waals surface area (Å²) in [6.45, 7) is 4.77. The number of nitrogens with one attached hydrogen (secondary N) is 1. The SMILES string of the molecule is COCCNCc1cncn1CC1CCCN1C. The lowest BCUT2D eigenvalue weighted by Gasteiger charge is -2.21. The fourth-order valence-corrected chi connectivity index (χ4v) is 2.49. The molecule has 2 rings (SSSR count). The summed E-state index contributed by atoms with van der Waals surface area (Å²) in [7, 11) is 3.94. The summed E-state index contributed by atoms with van der Waals surface area (Å²) in [6, 6.07) is 0.664. The maximum Gasteiger partial charge on any atom is 0.0949 e. The molecule has 0 aromatic carbocycles. The van der Waals surface area contributed by atoms with Crippen LogP contribution in [0.4, 0.5) is 0 Å². The molecule has 0 bridgehead atoms. The van der Waals surface area contributed by atoms with E-state index in [1.54, 1.807) is 7.11 Å². The molecule has 1 aromatic rings. The molecule has 1 saturated heterocycles. The highest BCUT2D eigenvalue weighted by molar-refractivity contribution is 4.99. The first-order chi connectivity index (χ1) is 8.81. The van der Waals surface area contributed by atoms with Crippen molar-refractivity contribution in [1.82, 2.24) is 19.8 Å². The highest BCUT2D eigenvalue weighted by Gasteiger charge is 2.21. The number of imidazole rings is 1. The van der Waals surface area contributed by atoms with Crippen LogP contribution in [0.15, 0.2) is 12.5 Å². The second kappa shape index (κ2) is 6.87. The zero-order valence-corrected chi connectivity index (χ0v) is 11.4. The maximum atomic E-state index is 5.02. The minimum Gasteiger partial charge on any atom is -0.383 e. The Hall–Kier alpha value is -0.910. The number of nitrogens with zero attached hydrogens (tertiary/aromatic N) is 3. The highest BCUT2D eigenvalue weighted by Crippen LogP contribution is 2.17. The number of rotatable bonds is 7. The molecule has 18 heavy (non-hydrogen) atoms. The molecule has 1 N–H and O–H groups in total. The van der Waals surface area contributed by atoms with Crippen LogP contribution in [0.1, 0.15) is 18.5 Å². The molecule has 0 saturated carbocycles. The van der Waals surface area contributed by atoms with Crippen LogP contribution < -0.4 is 5.32 Å². The van der Waals surface area contributed by atoms with E-state index in [1.165, 1.54) is 25.1 Å². The van der Waals surface area contributed by atoms with E-state index < -0.39 is 0 Å². The zero-order valence-electron chi connectivity index (χ0n) is 11.4. The van der Waals surface area contributed by atoms with E-state index in [4.69, 9.17) is 4.74 Å². The van der Waals surface area contributed by atoms with E-state index >= 15 is 0 Å². The largest absolute Gasteiger partial charge is 0.383 e. The predicted octanol–water partition coefficient (Wildman–Crippen LogP) is 0.713. The lowest BCUT2D eigenvalue weighted by atomic mass is 10.2. The van der Waals surface area contributed by atoms with Crippen LogP contribution in [0.5, 0.6) is 0 Å². The lowest BCUT2D eigenvalue weighted by molar-refractivity contribution is 0.199. The fourth-order valence-electron chi connectivity index (χ4n) is 2.49. The van der Waals surface area contributed by atoms with Gasteiger partial charge in [-0.25, -0.2) is 4.98 Å². The Morgan fingerprint density at radius 2 is 2.44 bits per heavy atom. The molecular weight excluding hydrogens is 228 g/mol. The normalized spacial score (nSPS) is 20.7. The Bertz CT molecular complexity index is 353. The molecule has 102 valence electrons. The van der Waals surface area contributed by atoms with Gasteiger partial charge in [-0.1, -0.05) is 0 Å². The van der Waals surface area contributed by atoms with Gasteiger partial charge in [0.1, 0.15) is 0 Å². The molecule has 1 atom stereocenters. The minimum absolute atomic E-state index is 0.664. The summed E-state index contributed by atoms with van der Waals surface area (Å²) < 4.78 is 7.29. The zero-order chi connectivity index (χ0) is 12.8. The van der Waals surface area contributed by atoms with Crippen LogP contribution in [0.3, 0.4) is 0 Å². The van der Waals surface area contributed by atoms with Crippen LogP contribution in [0, 0.1) is 0 Å². The summed E-state index contributed by atoms with van der Waals surface area (Å²) in [5, 5.41) is 3.37. The lowest BCUT2D eigenvalue weighted by Crippen LogP contribution is -2.30. The second-order valence-corrected chi connectivity index (χ2v) is 4.98. The summed E-state index contributed by atoms with van der Waals surface area (Å²) in [4.78, 5) is 6.71. The van der Waals surface area contributed by atoms with Gasteiger partial charge in [-0.15, -0.1) is 0 Å². The molecule has 0 aliphatic carbocycles. The summed E-state index contributed by atoms with van der Waals surface area (Å²) in [6.07, 6.45) is 6.51. The van der Waals surface area contributed by atoms with Gasteiger partial charge in [0.05, 0.1) is 18.6 Å². The summed E-state index contributed by atoms with van der Waals surface area (Å²) in [5.74, 6) is 0. The topological polar surface area (TPSA) is 42.3 Å². The van der Waals surface area contributed by atoms with E-state index in [2.05, 4.69) is 26.8 Å². The monoisotopic (exact) mass is 252 g/mol. The number of ether oxygens (including phenoxy) is 1. The molecule has 1 aliphatic heterocycles.